The van der Waals surface area contributed by atoms with E-state index in [0.717, 1.165) is 0 Å². The van der Waals surface area contributed by atoms with E-state index in [1.54, 1.807) is 0 Å². The summed E-state index contributed by atoms with van der Waals surface area (Å²) in [4.78, 5) is 0. The molecule has 2 nitrogen and oxygen atoms in total. The van der Waals surface area contributed by atoms with Crippen LogP contribution in [0.3, 0.4) is 0 Å². The summed E-state index contributed by atoms with van der Waals surface area (Å²) >= 11 is 0. The van der Waals surface area contributed by atoms with E-state index in [2.05, 4.69) is 0 Å². The van der Waals surface area contributed by atoms with E-state index in [4.69, 9.17) is 10.8 Å². The number of hydrogen-bond acceptors (Lipinski definition) is 2. The molecule has 0 heterocycles. The maximum atomic E-state index is 13.4. The molecule has 78 valence electrons. The van der Waals surface area contributed by atoms with Gasteiger partial charge in [0.2, 0.25) is 0 Å². The van der Waals surface area contributed by atoms with Crippen LogP contribution in [0.25, 0.3) is 0 Å². The Morgan fingerprint density at radius 2 is 1.93 bits per heavy atom. The fraction of sp³-hybridized carbons (Fsp3) is 0.400. The van der Waals surface area contributed by atoms with Crippen LogP contribution in [0.4, 0.5) is 8.78 Å². The highest BCUT2D eigenvalue weighted by Crippen LogP contribution is 2.23. The van der Waals surface area contributed by atoms with Crippen LogP contribution >= 0.6 is 0 Å². The van der Waals surface area contributed by atoms with E-state index in [-0.39, 0.29) is 12.2 Å². The number of aliphatic hydroxyl groups excluding tert-OH is 1. The molecule has 0 fully saturated rings. The fourth-order valence-corrected chi connectivity index (χ4v) is 1.35. The molecule has 0 radical (unpaired) electrons. The van der Waals surface area contributed by atoms with Gasteiger partial charge in [0.05, 0.1) is 12.6 Å². The fourth-order valence-electron chi connectivity index (χ4n) is 1.35. The first kappa shape index (κ1) is 11.1. The molecule has 0 bridgehead atoms. The van der Waals surface area contributed by atoms with E-state index in [1.165, 1.54) is 19.9 Å². The molecule has 0 saturated carbocycles. The largest absolute Gasteiger partial charge is 0.394 e. The van der Waals surface area contributed by atoms with Crippen molar-refractivity contribution in [1.82, 2.24) is 0 Å². The summed E-state index contributed by atoms with van der Waals surface area (Å²) in [5.41, 5.74) is 6.09. The highest BCUT2D eigenvalue weighted by Gasteiger charge is 2.16. The predicted molar refractivity (Wildman–Crippen MR) is 49.8 cm³/mol. The summed E-state index contributed by atoms with van der Waals surface area (Å²) < 4.78 is 26.5. The molecule has 0 saturated heterocycles. The Kier molecular flexibility index (Phi) is 3.18. The van der Waals surface area contributed by atoms with Crippen molar-refractivity contribution < 1.29 is 13.9 Å². The van der Waals surface area contributed by atoms with Crippen LogP contribution in [-0.4, -0.2) is 11.7 Å². The van der Waals surface area contributed by atoms with E-state index in [9.17, 15) is 8.78 Å². The van der Waals surface area contributed by atoms with E-state index in [1.807, 2.05) is 0 Å². The molecule has 1 aromatic carbocycles. The summed E-state index contributed by atoms with van der Waals surface area (Å²) in [7, 11) is 0. The molecular formula is C10H13F2NO. The quantitative estimate of drug-likeness (QED) is 0.763. The van der Waals surface area contributed by atoms with Crippen LogP contribution < -0.4 is 5.73 Å². The average Bonchev–Trinajstić information content (AvgIpc) is 2.19. The van der Waals surface area contributed by atoms with Crippen molar-refractivity contribution >= 4 is 0 Å². The van der Waals surface area contributed by atoms with Crippen LogP contribution in [0.15, 0.2) is 6.07 Å². The van der Waals surface area contributed by atoms with Crippen molar-refractivity contribution in [2.24, 2.45) is 5.73 Å². The Morgan fingerprint density at radius 1 is 1.36 bits per heavy atom. The van der Waals surface area contributed by atoms with Gasteiger partial charge in [-0.25, -0.2) is 8.78 Å². The lowest BCUT2D eigenvalue weighted by molar-refractivity contribution is 0.267. The van der Waals surface area contributed by atoms with E-state index >= 15 is 0 Å². The molecule has 0 aliphatic heterocycles. The summed E-state index contributed by atoms with van der Waals surface area (Å²) in [5, 5.41) is 8.79. The Morgan fingerprint density at radius 3 is 2.43 bits per heavy atom. The third-order valence-corrected chi connectivity index (χ3v) is 2.33. The van der Waals surface area contributed by atoms with Crippen molar-refractivity contribution in [2.45, 2.75) is 19.9 Å². The molecule has 3 N–H and O–H groups in total. The van der Waals surface area contributed by atoms with Crippen molar-refractivity contribution in [2.75, 3.05) is 6.61 Å². The molecule has 0 aromatic heterocycles. The van der Waals surface area contributed by atoms with Gasteiger partial charge in [-0.05, 0) is 31.0 Å². The monoisotopic (exact) mass is 201 g/mol. The third-order valence-electron chi connectivity index (χ3n) is 2.33. The Bertz CT molecular complexity index is 352. The zero-order valence-corrected chi connectivity index (χ0v) is 8.14. The lowest BCUT2D eigenvalue weighted by Gasteiger charge is -2.14. The molecule has 0 amide bonds. The van der Waals surface area contributed by atoms with Gasteiger partial charge in [0.25, 0.3) is 0 Å². The number of halogens is 2. The smallest absolute Gasteiger partial charge is 0.132 e. The van der Waals surface area contributed by atoms with Gasteiger partial charge in [0.15, 0.2) is 0 Å². The molecule has 1 atom stereocenters. The van der Waals surface area contributed by atoms with E-state index < -0.39 is 17.7 Å². The predicted octanol–water partition coefficient (Wildman–Crippen LogP) is 1.57. The topological polar surface area (TPSA) is 46.2 Å². The summed E-state index contributed by atoms with van der Waals surface area (Å²) in [5.74, 6) is -1.23. The first-order valence-electron chi connectivity index (χ1n) is 4.30. The van der Waals surface area contributed by atoms with Gasteiger partial charge in [0, 0.05) is 5.56 Å². The minimum Gasteiger partial charge on any atom is -0.394 e. The van der Waals surface area contributed by atoms with Crippen LogP contribution in [0.1, 0.15) is 22.7 Å². The Hall–Kier alpha value is -1.00. The van der Waals surface area contributed by atoms with E-state index in [0.29, 0.717) is 11.1 Å². The van der Waals surface area contributed by atoms with Crippen LogP contribution in [0, 0.1) is 25.5 Å². The minimum absolute atomic E-state index is 0.0172. The van der Waals surface area contributed by atoms with Crippen LogP contribution in [0.2, 0.25) is 0 Å². The highest BCUT2D eigenvalue weighted by molar-refractivity contribution is 5.35. The number of aliphatic hydroxyl groups is 1. The maximum Gasteiger partial charge on any atom is 0.132 e. The second-order valence-electron chi connectivity index (χ2n) is 3.30. The number of nitrogens with two attached hydrogens (primary N) is 1. The van der Waals surface area contributed by atoms with Gasteiger partial charge in [0.1, 0.15) is 11.6 Å². The molecular weight excluding hydrogens is 188 g/mol. The molecule has 1 unspecified atom stereocenters. The zero-order valence-electron chi connectivity index (χ0n) is 8.14. The second-order valence-corrected chi connectivity index (χ2v) is 3.30. The van der Waals surface area contributed by atoms with Gasteiger partial charge < -0.3 is 10.8 Å². The minimum atomic E-state index is -0.736. The lowest BCUT2D eigenvalue weighted by Crippen LogP contribution is -2.17. The third kappa shape index (κ3) is 1.76. The number of benzene rings is 1. The Balaban J connectivity index is 3.33. The van der Waals surface area contributed by atoms with Crippen molar-refractivity contribution in [3.63, 3.8) is 0 Å². The van der Waals surface area contributed by atoms with Crippen molar-refractivity contribution in [3.05, 3.63) is 34.4 Å². The molecule has 4 heteroatoms. The molecule has 0 aliphatic rings. The van der Waals surface area contributed by atoms with Gasteiger partial charge in [-0.3, -0.25) is 0 Å². The SMILES string of the molecule is Cc1c(F)cc(C(N)CO)c(C)c1F. The normalized spacial score (nSPS) is 13.0. The van der Waals surface area contributed by atoms with Crippen molar-refractivity contribution in [3.8, 4) is 0 Å². The summed E-state index contributed by atoms with van der Waals surface area (Å²) in [6.45, 7) is 2.56. The second kappa shape index (κ2) is 4.02. The molecule has 0 spiro atoms. The molecule has 1 aromatic rings. The van der Waals surface area contributed by atoms with Crippen molar-refractivity contribution in [1.29, 1.82) is 0 Å². The molecule has 1 rings (SSSR count). The van der Waals surface area contributed by atoms with Gasteiger partial charge in [-0.15, -0.1) is 0 Å². The number of rotatable bonds is 2. The lowest BCUT2D eigenvalue weighted by atomic mass is 9.99. The summed E-state index contributed by atoms with van der Waals surface area (Å²) in [6.07, 6.45) is 0. The zero-order chi connectivity index (χ0) is 10.9. The standard InChI is InChI=1S/C10H13F2NO/c1-5-7(9(13)4-14)3-8(11)6(2)10(5)12/h3,9,14H,4,13H2,1-2H3. The molecule has 14 heavy (non-hydrogen) atoms. The van der Waals surface area contributed by atoms with Gasteiger partial charge in [-0.2, -0.15) is 0 Å². The van der Waals surface area contributed by atoms with Gasteiger partial charge in [-0.1, -0.05) is 0 Å². The van der Waals surface area contributed by atoms with Crippen LogP contribution in [0.5, 0.6) is 0 Å². The first-order chi connectivity index (χ1) is 6.49. The van der Waals surface area contributed by atoms with Crippen LogP contribution in [-0.2, 0) is 0 Å². The summed E-state index contributed by atoms with van der Waals surface area (Å²) in [6, 6.07) is 0.439. The van der Waals surface area contributed by atoms with Gasteiger partial charge >= 0.3 is 0 Å². The maximum absolute atomic E-state index is 13.4. The molecule has 0 aliphatic carbocycles. The first-order valence-corrected chi connectivity index (χ1v) is 4.30. The highest BCUT2D eigenvalue weighted by atomic mass is 19.1. The number of hydrogen-bond donors (Lipinski definition) is 2. The average molecular weight is 201 g/mol. The Labute approximate surface area is 81.4 Å².